The van der Waals surface area contributed by atoms with Crippen LogP contribution in [0.5, 0.6) is 11.5 Å². The molecule has 15 atom stereocenters. The Labute approximate surface area is 437 Å². The second kappa shape index (κ2) is 35.0. The summed E-state index contributed by atoms with van der Waals surface area (Å²) in [6.45, 7) is 17.3. The van der Waals surface area contributed by atoms with Crippen molar-refractivity contribution in [2.45, 2.75) is 169 Å². The van der Waals surface area contributed by atoms with Gasteiger partial charge in [0.2, 0.25) is 6.41 Å². The number of allylic oxidation sites excluding steroid dienone is 3. The van der Waals surface area contributed by atoms with Crippen LogP contribution in [-0.2, 0) is 49.4 Å². The Morgan fingerprint density at radius 2 is 1.64 bits per heavy atom. The van der Waals surface area contributed by atoms with E-state index in [1.54, 1.807) is 66.0 Å². The van der Waals surface area contributed by atoms with Gasteiger partial charge in [0.25, 0.3) is 0 Å². The minimum absolute atomic E-state index is 0.0563. The number of carbonyl (C=O) groups is 3. The van der Waals surface area contributed by atoms with Crippen molar-refractivity contribution in [3.05, 3.63) is 84.1 Å². The van der Waals surface area contributed by atoms with E-state index in [1.807, 2.05) is 71.9 Å². The van der Waals surface area contributed by atoms with E-state index in [-0.39, 0.29) is 67.5 Å². The highest BCUT2D eigenvalue weighted by atomic mass is 16.7. The van der Waals surface area contributed by atoms with Crippen LogP contribution < -0.4 is 9.47 Å². The largest absolute Gasteiger partial charge is 0.493 e. The zero-order chi connectivity index (χ0) is 54.6. The third kappa shape index (κ3) is 23.4. The predicted molar refractivity (Wildman–Crippen MR) is 284 cm³/mol. The Bertz CT molecular complexity index is 1900. The van der Waals surface area contributed by atoms with E-state index < -0.39 is 54.5 Å². The Kier molecular flexibility index (Phi) is 31.1. The fraction of sp³-hybridized carbons (Fsp3) is 0.672. The van der Waals surface area contributed by atoms with Crippen molar-refractivity contribution in [3.8, 4) is 11.5 Å². The molecule has 0 radical (unpaired) electrons. The van der Waals surface area contributed by atoms with Crippen LogP contribution in [0.4, 0.5) is 0 Å². The SMILES string of the molecule is COc1ccc(COCO[C@H](CC[C@H](C)[C@H](O)[C@H](C)[C@@H]2C/C=C/[C@H](OC)C[C@H](C)C/C=C(\C)[C@@H](OC)CC[C@@H](C)[C@@H](O)[C@H](C)[C@H](O)C/C=C/C=C/C(=O)O2)[C@H](C)[C@H](OC(C)=O)[C@H](C)/C=C/N(C)C=O)cc1OC. The molecule has 0 fully saturated rings. The summed E-state index contributed by atoms with van der Waals surface area (Å²) in [4.78, 5) is 38.6. The normalized spacial score (nSPS) is 28.3. The maximum Gasteiger partial charge on any atom is 0.331 e. The van der Waals surface area contributed by atoms with Gasteiger partial charge in [0.05, 0.1) is 57.5 Å². The summed E-state index contributed by atoms with van der Waals surface area (Å²) in [6, 6.07) is 5.51. The van der Waals surface area contributed by atoms with E-state index in [2.05, 4.69) is 19.9 Å². The number of aliphatic hydroxyl groups is 3. The van der Waals surface area contributed by atoms with Crippen molar-refractivity contribution in [3.63, 3.8) is 0 Å². The molecular weight excluding hydrogens is 935 g/mol. The number of esters is 2. The zero-order valence-electron chi connectivity index (χ0n) is 46.5. The number of carbonyl (C=O) groups excluding carboxylic acids is 3. The molecular formula is C58H93NO14. The van der Waals surface area contributed by atoms with Gasteiger partial charge in [-0.1, -0.05) is 97.1 Å². The molecule has 0 unspecified atom stereocenters. The molecule has 1 heterocycles. The van der Waals surface area contributed by atoms with Crippen molar-refractivity contribution in [2.24, 2.45) is 41.4 Å². The lowest BCUT2D eigenvalue weighted by molar-refractivity contribution is -0.162. The highest BCUT2D eigenvalue weighted by molar-refractivity contribution is 5.82. The Hall–Kier alpha value is -4.35. The van der Waals surface area contributed by atoms with Crippen molar-refractivity contribution < 1.29 is 67.6 Å². The third-order valence-electron chi connectivity index (χ3n) is 14.4. The van der Waals surface area contributed by atoms with Crippen LogP contribution in [0, 0.1) is 41.4 Å². The van der Waals surface area contributed by atoms with Crippen LogP contribution in [0.3, 0.4) is 0 Å². The summed E-state index contributed by atoms with van der Waals surface area (Å²) in [5.41, 5.74) is 1.98. The third-order valence-corrected chi connectivity index (χ3v) is 14.4. The number of amides is 1. The average molecular weight is 1030 g/mol. The van der Waals surface area contributed by atoms with E-state index in [4.69, 9.17) is 37.9 Å². The summed E-state index contributed by atoms with van der Waals surface area (Å²) >= 11 is 0. The summed E-state index contributed by atoms with van der Waals surface area (Å²) in [6.07, 6.45) is 16.7. The first kappa shape index (κ1) is 64.8. The second-order valence-electron chi connectivity index (χ2n) is 20.3. The maximum absolute atomic E-state index is 13.4. The smallest absolute Gasteiger partial charge is 0.331 e. The van der Waals surface area contributed by atoms with E-state index in [0.717, 1.165) is 36.8 Å². The number of rotatable bonds is 22. The maximum atomic E-state index is 13.4. The molecule has 0 aliphatic carbocycles. The topological polar surface area (TPSA) is 189 Å². The van der Waals surface area contributed by atoms with Crippen LogP contribution >= 0.6 is 0 Å². The zero-order valence-corrected chi connectivity index (χ0v) is 46.5. The highest BCUT2D eigenvalue weighted by Gasteiger charge is 2.35. The van der Waals surface area contributed by atoms with Gasteiger partial charge in [-0.15, -0.1) is 0 Å². The van der Waals surface area contributed by atoms with E-state index in [1.165, 1.54) is 17.9 Å². The molecule has 15 nitrogen and oxygen atoms in total. The van der Waals surface area contributed by atoms with Gasteiger partial charge in [-0.3, -0.25) is 9.59 Å². The Balaban J connectivity index is 2.41. The van der Waals surface area contributed by atoms with E-state index in [9.17, 15) is 29.7 Å². The van der Waals surface area contributed by atoms with E-state index in [0.29, 0.717) is 37.2 Å². The molecule has 414 valence electrons. The Morgan fingerprint density at radius 1 is 0.932 bits per heavy atom. The van der Waals surface area contributed by atoms with E-state index >= 15 is 0 Å². The van der Waals surface area contributed by atoms with Crippen LogP contribution in [0.15, 0.2) is 78.6 Å². The van der Waals surface area contributed by atoms with Crippen molar-refractivity contribution >= 4 is 18.3 Å². The van der Waals surface area contributed by atoms with Gasteiger partial charge < -0.3 is 58.1 Å². The molecule has 0 saturated carbocycles. The second-order valence-corrected chi connectivity index (χ2v) is 20.3. The van der Waals surface area contributed by atoms with Gasteiger partial charge in [-0.05, 0) is 92.9 Å². The van der Waals surface area contributed by atoms with Crippen molar-refractivity contribution in [1.82, 2.24) is 4.90 Å². The monoisotopic (exact) mass is 1030 g/mol. The van der Waals surface area contributed by atoms with Gasteiger partial charge >= 0.3 is 11.9 Å². The van der Waals surface area contributed by atoms with Crippen molar-refractivity contribution in [1.29, 1.82) is 0 Å². The summed E-state index contributed by atoms with van der Waals surface area (Å²) < 4.78 is 47.1. The fourth-order valence-corrected chi connectivity index (χ4v) is 9.31. The molecule has 15 heteroatoms. The molecule has 73 heavy (non-hydrogen) atoms. The minimum atomic E-state index is -0.907. The molecule has 0 saturated heterocycles. The number of benzene rings is 1. The van der Waals surface area contributed by atoms with Gasteiger partial charge in [0.15, 0.2) is 11.5 Å². The molecule has 0 spiro atoms. The molecule has 2 rings (SSSR count). The summed E-state index contributed by atoms with van der Waals surface area (Å²) in [5, 5.41) is 34.2. The number of hydrogen-bond donors (Lipinski definition) is 3. The molecule has 1 aromatic carbocycles. The summed E-state index contributed by atoms with van der Waals surface area (Å²) in [5.74, 6) is -1.49. The van der Waals surface area contributed by atoms with Crippen LogP contribution in [0.2, 0.25) is 0 Å². The average Bonchev–Trinajstić information content (AvgIpc) is 3.38. The quantitative estimate of drug-likeness (QED) is 0.0328. The molecule has 0 aromatic heterocycles. The first-order valence-corrected chi connectivity index (χ1v) is 26.1. The van der Waals surface area contributed by atoms with Gasteiger partial charge in [-0.2, -0.15) is 0 Å². The molecule has 3 N–H and O–H groups in total. The molecule has 0 bridgehead atoms. The van der Waals surface area contributed by atoms with Crippen LogP contribution in [-0.4, -0.2) is 130 Å². The van der Waals surface area contributed by atoms with Gasteiger partial charge in [-0.25, -0.2) is 4.79 Å². The lowest BCUT2D eigenvalue weighted by Crippen LogP contribution is -2.40. The van der Waals surface area contributed by atoms with Gasteiger partial charge in [0.1, 0.15) is 19.0 Å². The number of hydrogen-bond acceptors (Lipinski definition) is 14. The van der Waals surface area contributed by atoms with Gasteiger partial charge in [0, 0.05) is 70.6 Å². The molecule has 1 aliphatic heterocycles. The predicted octanol–water partition coefficient (Wildman–Crippen LogP) is 9.32. The number of methoxy groups -OCH3 is 4. The van der Waals surface area contributed by atoms with Crippen LogP contribution in [0.25, 0.3) is 0 Å². The fourth-order valence-electron chi connectivity index (χ4n) is 9.31. The highest BCUT2D eigenvalue weighted by Crippen LogP contribution is 2.32. The first-order chi connectivity index (χ1) is 34.7. The lowest BCUT2D eigenvalue weighted by Gasteiger charge is -2.35. The summed E-state index contributed by atoms with van der Waals surface area (Å²) in [7, 11) is 8.15. The lowest BCUT2D eigenvalue weighted by atomic mass is 9.82. The van der Waals surface area contributed by atoms with Crippen molar-refractivity contribution in [2.75, 3.05) is 42.3 Å². The number of cyclic esters (lactones) is 1. The minimum Gasteiger partial charge on any atom is -0.493 e. The molecule has 1 aromatic rings. The standard InChI is InChI=1S/C58H93NO14/c1-38-23-24-39(2)50(67-12)28-25-40(3)56(64)43(6)49(62)20-16-15-17-22-55(63)73-52(21-18-19-48(33-38)66-11)44(7)57(65)41(4)26-29-51(45(8)58(72-46(9)61)42(5)31-32-59(10)36-60)71-37-70-35-47-27-30-53(68-13)54(34-47)69-14/h15-19,22,24,27,30-32,34,36,38,40-45,48-52,56-58,62,64-65H,20-21,23,25-26,28-29,33,35,37H2,1-14H3/b16-15+,19-18+,22-17+,32-31+,39-24+/t38-,40-,41+,42-,43-,44-,45+,48+,49-,50+,51-,52+,56-,57+,58-/m1/s1. The number of aliphatic hydroxyl groups excluding tert-OH is 3. The first-order valence-electron chi connectivity index (χ1n) is 26.1. The Morgan fingerprint density at radius 3 is 2.29 bits per heavy atom. The van der Waals surface area contributed by atoms with Crippen LogP contribution in [0.1, 0.15) is 119 Å². The molecule has 1 aliphatic rings. The number of nitrogens with zero attached hydrogens (tertiary/aromatic N) is 1. The molecule has 1 amide bonds. The number of ether oxygens (including phenoxy) is 8.